The Morgan fingerprint density at radius 2 is 2.78 bits per heavy atom. The molecule has 0 aliphatic carbocycles. The van der Waals surface area contributed by atoms with E-state index in [1.165, 1.54) is 0 Å². The highest BCUT2D eigenvalue weighted by atomic mass is 16.3. The first kappa shape index (κ1) is 6.29. The van der Waals surface area contributed by atoms with Crippen LogP contribution in [0.25, 0.3) is 0 Å². The Hall–Kier alpha value is -0.830. The summed E-state index contributed by atoms with van der Waals surface area (Å²) in [5.74, 6) is 0. The number of hydrogen-bond acceptors (Lipinski definition) is 2. The minimum atomic E-state index is -0.307. The fraction of sp³-hybridized carbons (Fsp3) is 0.500. The van der Waals surface area contributed by atoms with E-state index in [4.69, 9.17) is 5.11 Å². The molecule has 1 atom stereocenters. The van der Waals surface area contributed by atoms with Crippen molar-refractivity contribution in [2.75, 3.05) is 0 Å². The van der Waals surface area contributed by atoms with Gasteiger partial charge in [-0.2, -0.15) is 5.10 Å². The normalized spacial score (nSPS) is 13.6. The molecule has 0 aromatic carbocycles. The van der Waals surface area contributed by atoms with Gasteiger partial charge in [0, 0.05) is 12.1 Å². The number of aromatic amines is 1. The first-order valence-electron chi connectivity index (χ1n) is 2.87. The minimum absolute atomic E-state index is 0.307. The molecule has 0 aliphatic rings. The van der Waals surface area contributed by atoms with Crippen molar-refractivity contribution >= 4 is 0 Å². The number of nitrogens with zero attached hydrogens (tertiary/aromatic N) is 1. The van der Waals surface area contributed by atoms with Crippen molar-refractivity contribution in [3.63, 3.8) is 0 Å². The van der Waals surface area contributed by atoms with Crippen LogP contribution in [0.3, 0.4) is 0 Å². The molecule has 0 fully saturated rings. The maximum absolute atomic E-state index is 8.86. The summed E-state index contributed by atoms with van der Waals surface area (Å²) in [6.07, 6.45) is 2.93. The van der Waals surface area contributed by atoms with Crippen molar-refractivity contribution in [3.05, 3.63) is 18.0 Å². The Balaban J connectivity index is 2.48. The van der Waals surface area contributed by atoms with Crippen molar-refractivity contribution in [2.24, 2.45) is 0 Å². The lowest BCUT2D eigenvalue weighted by Crippen LogP contribution is -2.04. The van der Waals surface area contributed by atoms with Crippen molar-refractivity contribution in [1.82, 2.24) is 10.2 Å². The van der Waals surface area contributed by atoms with Gasteiger partial charge in [-0.3, -0.25) is 5.10 Å². The Labute approximate surface area is 53.7 Å². The summed E-state index contributed by atoms with van der Waals surface area (Å²) in [6.45, 7) is 1.74. The topological polar surface area (TPSA) is 48.9 Å². The predicted octanol–water partition coefficient (Wildman–Crippen LogP) is 0.133. The highest BCUT2D eigenvalue weighted by Gasteiger charge is 1.97. The number of aliphatic hydroxyl groups excluding tert-OH is 1. The summed E-state index contributed by atoms with van der Waals surface area (Å²) in [5.41, 5.74) is 0.921. The second-order valence-corrected chi connectivity index (χ2v) is 2.08. The number of rotatable bonds is 2. The van der Waals surface area contributed by atoms with Crippen LogP contribution in [-0.2, 0) is 6.42 Å². The van der Waals surface area contributed by atoms with Crippen molar-refractivity contribution < 1.29 is 5.11 Å². The van der Waals surface area contributed by atoms with E-state index >= 15 is 0 Å². The summed E-state index contributed by atoms with van der Waals surface area (Å²) in [6, 6.07) is 1.73. The molecule has 3 heteroatoms. The Kier molecular flexibility index (Phi) is 1.85. The molecular formula is C6H9N2O. The van der Waals surface area contributed by atoms with Gasteiger partial charge in [-0.1, -0.05) is 0 Å². The predicted molar refractivity (Wildman–Crippen MR) is 32.8 cm³/mol. The molecular weight excluding hydrogens is 116 g/mol. The summed E-state index contributed by atoms with van der Waals surface area (Å²) in [7, 11) is 0. The van der Waals surface area contributed by atoms with Crippen LogP contribution in [0.2, 0.25) is 0 Å². The maximum Gasteiger partial charge on any atom is 0.113 e. The first-order chi connectivity index (χ1) is 4.29. The third-order valence-electron chi connectivity index (χ3n) is 1.02. The molecule has 0 bridgehead atoms. The number of hydrogen-bond donors (Lipinski definition) is 2. The average Bonchev–Trinajstić information content (AvgIpc) is 2.15. The molecule has 1 unspecified atom stereocenters. The zero-order chi connectivity index (χ0) is 6.69. The number of aliphatic hydroxyl groups is 1. The molecule has 2 N–H and O–H groups in total. The first-order valence-corrected chi connectivity index (χ1v) is 2.87. The smallest absolute Gasteiger partial charge is 0.113 e. The lowest BCUT2D eigenvalue weighted by Gasteiger charge is -1.97. The van der Waals surface area contributed by atoms with Gasteiger partial charge >= 0.3 is 0 Å². The number of H-pyrrole nitrogens is 1. The molecule has 1 aromatic heterocycles. The van der Waals surface area contributed by atoms with Gasteiger partial charge in [-0.05, 0) is 13.0 Å². The summed E-state index contributed by atoms with van der Waals surface area (Å²) >= 11 is 0. The van der Waals surface area contributed by atoms with Crippen molar-refractivity contribution in [2.45, 2.75) is 19.4 Å². The Morgan fingerprint density at radius 1 is 2.00 bits per heavy atom. The zero-order valence-corrected chi connectivity index (χ0v) is 5.26. The standard InChI is InChI=1S/C6H9N2O/c1-5(9)4-6-2-3-7-8-6/h2,5,9H,4H2,1H3,(H,7,8). The number of aromatic nitrogens is 2. The fourth-order valence-electron chi connectivity index (χ4n) is 0.669. The van der Waals surface area contributed by atoms with E-state index in [0.717, 1.165) is 5.69 Å². The van der Waals surface area contributed by atoms with Gasteiger partial charge in [0.15, 0.2) is 0 Å². The zero-order valence-electron chi connectivity index (χ0n) is 5.26. The van der Waals surface area contributed by atoms with Crippen molar-refractivity contribution in [1.29, 1.82) is 0 Å². The molecule has 0 aliphatic heterocycles. The average molecular weight is 125 g/mol. The highest BCUT2D eigenvalue weighted by molar-refractivity contribution is 4.97. The van der Waals surface area contributed by atoms with Crippen molar-refractivity contribution in [3.8, 4) is 0 Å². The van der Waals surface area contributed by atoms with Crippen LogP contribution >= 0.6 is 0 Å². The van der Waals surface area contributed by atoms with Gasteiger partial charge in [-0.15, -0.1) is 0 Å². The molecule has 0 saturated heterocycles. The van der Waals surface area contributed by atoms with Gasteiger partial charge in [-0.25, -0.2) is 0 Å². The van der Waals surface area contributed by atoms with Gasteiger partial charge in [0.2, 0.25) is 0 Å². The van der Waals surface area contributed by atoms with Crippen LogP contribution in [0.15, 0.2) is 6.07 Å². The van der Waals surface area contributed by atoms with Gasteiger partial charge in [0.25, 0.3) is 0 Å². The van der Waals surface area contributed by atoms with Crippen LogP contribution < -0.4 is 0 Å². The van der Waals surface area contributed by atoms with E-state index in [1.54, 1.807) is 13.0 Å². The summed E-state index contributed by atoms with van der Waals surface area (Å²) in [5, 5.41) is 15.2. The van der Waals surface area contributed by atoms with Gasteiger partial charge in [0.1, 0.15) is 6.20 Å². The molecule has 1 aromatic rings. The lowest BCUT2D eigenvalue weighted by molar-refractivity contribution is 0.194. The molecule has 1 heterocycles. The van der Waals surface area contributed by atoms with Crippen LogP contribution in [0.4, 0.5) is 0 Å². The van der Waals surface area contributed by atoms with E-state index in [1.807, 2.05) is 0 Å². The molecule has 3 nitrogen and oxygen atoms in total. The highest BCUT2D eigenvalue weighted by Crippen LogP contribution is 1.95. The van der Waals surface area contributed by atoms with Gasteiger partial charge < -0.3 is 5.11 Å². The molecule has 9 heavy (non-hydrogen) atoms. The summed E-state index contributed by atoms with van der Waals surface area (Å²) < 4.78 is 0. The van der Waals surface area contributed by atoms with Crippen LogP contribution in [-0.4, -0.2) is 21.4 Å². The maximum atomic E-state index is 8.86. The molecule has 0 spiro atoms. The summed E-state index contributed by atoms with van der Waals surface area (Å²) in [4.78, 5) is 0. The third kappa shape index (κ3) is 1.85. The monoisotopic (exact) mass is 125 g/mol. The van der Waals surface area contributed by atoms with Gasteiger partial charge in [0.05, 0.1) is 6.10 Å². The van der Waals surface area contributed by atoms with Crippen LogP contribution in [0.1, 0.15) is 12.6 Å². The Morgan fingerprint density at radius 3 is 3.22 bits per heavy atom. The third-order valence-corrected chi connectivity index (χ3v) is 1.02. The largest absolute Gasteiger partial charge is 0.393 e. The second-order valence-electron chi connectivity index (χ2n) is 2.08. The van der Waals surface area contributed by atoms with Crippen LogP contribution in [0.5, 0.6) is 0 Å². The van der Waals surface area contributed by atoms with E-state index in [-0.39, 0.29) is 6.10 Å². The molecule has 0 amide bonds. The SMILES string of the molecule is CC(O)Cc1c[c]n[nH]1. The quantitative estimate of drug-likeness (QED) is 0.590. The minimum Gasteiger partial charge on any atom is -0.393 e. The van der Waals surface area contributed by atoms with Crippen LogP contribution in [0, 0.1) is 6.20 Å². The van der Waals surface area contributed by atoms with E-state index in [0.29, 0.717) is 6.42 Å². The van der Waals surface area contributed by atoms with E-state index in [9.17, 15) is 0 Å². The van der Waals surface area contributed by atoms with E-state index < -0.39 is 0 Å². The molecule has 49 valence electrons. The molecule has 0 saturated carbocycles. The number of nitrogens with one attached hydrogen (secondary N) is 1. The second kappa shape index (κ2) is 2.64. The molecule has 1 rings (SSSR count). The fourth-order valence-corrected chi connectivity index (χ4v) is 0.669. The molecule has 1 radical (unpaired) electrons. The Bertz CT molecular complexity index is 158. The lowest BCUT2D eigenvalue weighted by atomic mass is 10.2. The van der Waals surface area contributed by atoms with E-state index in [2.05, 4.69) is 16.4 Å².